The molecular weight excluding hydrogens is 179 g/mol. The van der Waals surface area contributed by atoms with Crippen LogP contribution in [0.25, 0.3) is 0 Å². The fourth-order valence-corrected chi connectivity index (χ4v) is 0.941. The van der Waals surface area contributed by atoms with Crippen LogP contribution in [-0.2, 0) is 5.92 Å². The maximum absolute atomic E-state index is 12.9. The lowest BCUT2D eigenvalue weighted by molar-refractivity contribution is 0.0137. The van der Waals surface area contributed by atoms with Gasteiger partial charge in [0.15, 0.2) is 0 Å². The smallest absolute Gasteiger partial charge is 0.206 e. The molecule has 0 atom stereocenters. The molecule has 0 heterocycles. The number of rotatable bonds is 1. The van der Waals surface area contributed by atoms with E-state index in [0.717, 1.165) is 18.2 Å². The summed E-state index contributed by atoms with van der Waals surface area (Å²) in [6.07, 6.45) is 0. The predicted molar refractivity (Wildman–Crippen MR) is 40.7 cm³/mol. The second-order valence-electron chi connectivity index (χ2n) is 2.69. The highest BCUT2D eigenvalue weighted by Crippen LogP contribution is 2.29. The first kappa shape index (κ1) is 9.59. The molecule has 0 saturated heterocycles. The summed E-state index contributed by atoms with van der Waals surface area (Å²) in [6.45, 7) is 0.609. The Morgan fingerprint density at radius 3 is 2.38 bits per heavy atom. The van der Waals surface area contributed by atoms with E-state index in [4.69, 9.17) is 5.26 Å². The van der Waals surface area contributed by atoms with Crippen molar-refractivity contribution in [1.82, 2.24) is 0 Å². The Bertz CT molecular complexity index is 360. The van der Waals surface area contributed by atoms with Crippen molar-refractivity contribution in [2.75, 3.05) is 0 Å². The lowest BCUT2D eigenvalue weighted by Gasteiger charge is -2.10. The van der Waals surface area contributed by atoms with Gasteiger partial charge in [-0.15, -0.1) is 0 Å². The normalized spacial score (nSPS) is 11.0. The molecule has 0 bridgehead atoms. The van der Waals surface area contributed by atoms with Crippen LogP contribution in [0.15, 0.2) is 18.2 Å². The molecule has 0 aliphatic rings. The van der Waals surface area contributed by atoms with E-state index in [0.29, 0.717) is 6.92 Å². The highest BCUT2D eigenvalue weighted by Gasteiger charge is 2.27. The second-order valence-corrected chi connectivity index (χ2v) is 2.69. The summed E-state index contributed by atoms with van der Waals surface area (Å²) in [7, 11) is 0. The Kier molecular flexibility index (Phi) is 2.28. The van der Waals surface area contributed by atoms with E-state index in [-0.39, 0.29) is 5.56 Å². The highest BCUT2D eigenvalue weighted by atomic mass is 19.3. The van der Waals surface area contributed by atoms with Gasteiger partial charge in [-0.25, -0.2) is 13.2 Å². The number of alkyl halides is 2. The molecule has 0 aromatic heterocycles. The Labute approximate surface area is 73.4 Å². The first-order valence-electron chi connectivity index (χ1n) is 3.53. The molecule has 0 saturated carbocycles. The van der Waals surface area contributed by atoms with Gasteiger partial charge >= 0.3 is 0 Å². The molecule has 0 aliphatic heterocycles. The first-order valence-corrected chi connectivity index (χ1v) is 3.53. The topological polar surface area (TPSA) is 23.8 Å². The van der Waals surface area contributed by atoms with Gasteiger partial charge in [-0.05, 0) is 18.2 Å². The average Bonchev–Trinajstić information content (AvgIpc) is 2.01. The summed E-state index contributed by atoms with van der Waals surface area (Å²) in [5.41, 5.74) is -0.656. The van der Waals surface area contributed by atoms with E-state index >= 15 is 0 Å². The van der Waals surface area contributed by atoms with Gasteiger partial charge in [0.25, 0.3) is 5.92 Å². The minimum absolute atomic E-state index is 0.0329. The Morgan fingerprint density at radius 2 is 2.00 bits per heavy atom. The van der Waals surface area contributed by atoms with E-state index in [1.165, 1.54) is 0 Å². The molecular formula is C9H6F3N. The van der Waals surface area contributed by atoms with E-state index in [1.54, 1.807) is 6.07 Å². The number of hydrogen-bond acceptors (Lipinski definition) is 1. The molecule has 13 heavy (non-hydrogen) atoms. The van der Waals surface area contributed by atoms with Crippen molar-refractivity contribution in [2.45, 2.75) is 12.8 Å². The van der Waals surface area contributed by atoms with E-state index in [9.17, 15) is 13.2 Å². The third kappa shape index (κ3) is 2.00. The van der Waals surface area contributed by atoms with Crippen molar-refractivity contribution in [2.24, 2.45) is 0 Å². The summed E-state index contributed by atoms with van der Waals surface area (Å²) < 4.78 is 38.2. The molecule has 1 rings (SSSR count). The Hall–Kier alpha value is -1.50. The molecule has 0 fully saturated rings. The molecule has 0 spiro atoms. The van der Waals surface area contributed by atoms with Crippen molar-refractivity contribution in [1.29, 1.82) is 5.26 Å². The number of nitrogens with zero attached hydrogens (tertiary/aromatic N) is 1. The fourth-order valence-electron chi connectivity index (χ4n) is 0.941. The van der Waals surface area contributed by atoms with Gasteiger partial charge in [0.2, 0.25) is 0 Å². The zero-order valence-corrected chi connectivity index (χ0v) is 6.81. The minimum Gasteiger partial charge on any atom is -0.206 e. The SMILES string of the molecule is CC(F)(F)c1ccc(C#N)cc1F. The van der Waals surface area contributed by atoms with Crippen molar-refractivity contribution >= 4 is 0 Å². The summed E-state index contributed by atoms with van der Waals surface area (Å²) in [5, 5.41) is 8.35. The molecule has 0 amide bonds. The number of nitriles is 1. The van der Waals surface area contributed by atoms with Crippen molar-refractivity contribution in [3.8, 4) is 6.07 Å². The lowest BCUT2D eigenvalue weighted by atomic mass is 10.1. The first-order chi connectivity index (χ1) is 5.95. The van der Waals surface area contributed by atoms with Crippen LogP contribution in [0.2, 0.25) is 0 Å². The summed E-state index contributed by atoms with van der Waals surface area (Å²) >= 11 is 0. The molecule has 1 aromatic rings. The second kappa shape index (κ2) is 3.09. The van der Waals surface area contributed by atoms with Crippen molar-refractivity contribution in [3.63, 3.8) is 0 Å². The van der Waals surface area contributed by atoms with Gasteiger partial charge in [-0.2, -0.15) is 5.26 Å². The van der Waals surface area contributed by atoms with E-state index in [1.807, 2.05) is 0 Å². The van der Waals surface area contributed by atoms with Crippen molar-refractivity contribution < 1.29 is 13.2 Å². The highest BCUT2D eigenvalue weighted by molar-refractivity contribution is 5.34. The van der Waals surface area contributed by atoms with Crippen LogP contribution in [0.5, 0.6) is 0 Å². The van der Waals surface area contributed by atoms with E-state index in [2.05, 4.69) is 0 Å². The summed E-state index contributed by atoms with van der Waals surface area (Å²) in [5.74, 6) is -4.26. The zero-order chi connectivity index (χ0) is 10.1. The minimum atomic E-state index is -3.21. The Balaban J connectivity index is 3.23. The zero-order valence-electron chi connectivity index (χ0n) is 6.81. The van der Waals surface area contributed by atoms with Crippen LogP contribution in [0, 0.1) is 17.1 Å². The van der Waals surface area contributed by atoms with Crippen LogP contribution < -0.4 is 0 Å². The monoisotopic (exact) mass is 185 g/mol. The van der Waals surface area contributed by atoms with Gasteiger partial charge in [0.1, 0.15) is 5.82 Å². The Morgan fingerprint density at radius 1 is 1.38 bits per heavy atom. The number of benzene rings is 1. The van der Waals surface area contributed by atoms with Crippen LogP contribution in [0.1, 0.15) is 18.1 Å². The molecule has 4 heteroatoms. The maximum atomic E-state index is 12.9. The average molecular weight is 185 g/mol. The molecule has 0 N–H and O–H groups in total. The van der Waals surface area contributed by atoms with Gasteiger partial charge in [-0.1, -0.05) is 0 Å². The van der Waals surface area contributed by atoms with Gasteiger partial charge < -0.3 is 0 Å². The van der Waals surface area contributed by atoms with Crippen LogP contribution in [0.4, 0.5) is 13.2 Å². The lowest BCUT2D eigenvalue weighted by Crippen LogP contribution is -2.09. The number of halogens is 3. The number of hydrogen-bond donors (Lipinski definition) is 0. The van der Waals surface area contributed by atoms with Crippen LogP contribution in [-0.4, -0.2) is 0 Å². The molecule has 0 unspecified atom stereocenters. The summed E-state index contributed by atoms with van der Waals surface area (Å²) in [4.78, 5) is 0. The van der Waals surface area contributed by atoms with Gasteiger partial charge in [-0.3, -0.25) is 0 Å². The van der Waals surface area contributed by atoms with Gasteiger partial charge in [0, 0.05) is 6.92 Å². The maximum Gasteiger partial charge on any atom is 0.273 e. The predicted octanol–water partition coefficient (Wildman–Crippen LogP) is 2.81. The fraction of sp³-hybridized carbons (Fsp3) is 0.222. The van der Waals surface area contributed by atoms with E-state index < -0.39 is 17.3 Å². The van der Waals surface area contributed by atoms with Crippen molar-refractivity contribution in [3.05, 3.63) is 35.1 Å². The van der Waals surface area contributed by atoms with Crippen LogP contribution in [0.3, 0.4) is 0 Å². The molecule has 1 nitrogen and oxygen atoms in total. The molecule has 68 valence electrons. The summed E-state index contributed by atoms with van der Waals surface area (Å²) in [6, 6.07) is 4.55. The van der Waals surface area contributed by atoms with Gasteiger partial charge in [0.05, 0.1) is 17.2 Å². The molecule has 0 aliphatic carbocycles. The molecule has 0 radical (unpaired) electrons. The van der Waals surface area contributed by atoms with Crippen LogP contribution >= 0.6 is 0 Å². The third-order valence-corrected chi connectivity index (χ3v) is 1.57. The largest absolute Gasteiger partial charge is 0.273 e. The quantitative estimate of drug-likeness (QED) is 0.659. The standard InChI is InChI=1S/C9H6F3N/c1-9(11,12)7-3-2-6(5-13)4-8(7)10/h2-4H,1H3. The third-order valence-electron chi connectivity index (χ3n) is 1.57. The molecule has 1 aromatic carbocycles.